The van der Waals surface area contributed by atoms with Gasteiger partial charge in [-0.2, -0.15) is 4.57 Å². The first-order valence-electron chi connectivity index (χ1n) is 13.7. The van der Waals surface area contributed by atoms with Crippen molar-refractivity contribution in [3.05, 3.63) is 94.8 Å². The highest BCUT2D eigenvalue weighted by Crippen LogP contribution is 2.44. The zero-order valence-corrected chi connectivity index (χ0v) is 19.3. The van der Waals surface area contributed by atoms with E-state index < -0.39 is 24.0 Å². The topological polar surface area (TPSA) is 21.4 Å². The van der Waals surface area contributed by atoms with Crippen molar-refractivity contribution in [2.75, 3.05) is 0 Å². The third-order valence-electron chi connectivity index (χ3n) is 6.25. The van der Waals surface area contributed by atoms with Crippen LogP contribution in [0.3, 0.4) is 0 Å². The van der Waals surface area contributed by atoms with Crippen molar-refractivity contribution in [3.8, 4) is 22.4 Å². The molecule has 0 N–H and O–H groups in total. The second-order valence-electron chi connectivity index (χ2n) is 8.51. The average Bonchev–Trinajstić information content (AvgIpc) is 3.26. The Kier molecular flexibility index (Phi) is 3.60. The number of aromatic nitrogens is 1. The van der Waals surface area contributed by atoms with E-state index in [1.165, 1.54) is 0 Å². The molecule has 3 nitrogen and oxygen atoms in total. The molecule has 2 aromatic heterocycles. The first-order chi connectivity index (χ1) is 18.3. The van der Waals surface area contributed by atoms with Crippen LogP contribution in [0.1, 0.15) is 44.8 Å². The Morgan fingerprint density at radius 1 is 0.970 bits per heavy atom. The fraction of sp³-hybridized carbons (Fsp3) is 0.200. The van der Waals surface area contributed by atoms with E-state index in [1.807, 2.05) is 63.6 Å². The third kappa shape index (κ3) is 3.31. The van der Waals surface area contributed by atoms with Gasteiger partial charge in [0.05, 0.1) is 19.0 Å². The molecule has 3 aromatic carbocycles. The summed E-state index contributed by atoms with van der Waals surface area (Å²) in [6, 6.07) is 9.11. The Labute approximate surface area is 203 Å². The summed E-state index contributed by atoms with van der Waals surface area (Å²) >= 11 is 0. The first kappa shape index (κ1) is 15.0. The van der Waals surface area contributed by atoms with Crippen LogP contribution in [0.25, 0.3) is 49.2 Å². The van der Waals surface area contributed by atoms with Crippen molar-refractivity contribution in [1.29, 1.82) is 0 Å². The number of furan rings is 1. The maximum absolute atomic E-state index is 8.62. The zero-order valence-electron chi connectivity index (χ0n) is 25.3. The van der Waals surface area contributed by atoms with Gasteiger partial charge in [0.15, 0.2) is 11.4 Å². The maximum Gasteiger partial charge on any atom is 0.216 e. The second kappa shape index (κ2) is 7.90. The van der Waals surface area contributed by atoms with Gasteiger partial charge in [0.25, 0.3) is 0 Å². The van der Waals surface area contributed by atoms with Crippen molar-refractivity contribution in [3.63, 3.8) is 0 Å². The summed E-state index contributed by atoms with van der Waals surface area (Å²) in [5.41, 5.74) is 5.59. The van der Waals surface area contributed by atoms with Crippen LogP contribution in [0, 0.1) is 20.4 Å². The number of benzene rings is 3. The quantitative estimate of drug-likeness (QED) is 0.207. The number of hydrogen-bond acceptors (Lipinski definition) is 1. The summed E-state index contributed by atoms with van der Waals surface area (Å²) in [5, 5.41) is 1.46. The van der Waals surface area contributed by atoms with Gasteiger partial charge in [-0.1, -0.05) is 68.3 Å². The van der Waals surface area contributed by atoms with Crippen molar-refractivity contribution >= 4 is 27.6 Å². The molecule has 0 spiro atoms. The molecule has 0 radical (unpaired) electrons. The van der Waals surface area contributed by atoms with E-state index in [9.17, 15) is 0 Å². The Morgan fingerprint density at radius 2 is 1.64 bits per heavy atom. The molecule has 0 fully saturated rings. The molecular weight excluding hydrogens is 404 g/mol. The molecule has 2 heterocycles. The molecule has 0 unspecified atom stereocenters. The highest BCUT2D eigenvalue weighted by molar-refractivity contribution is 6.15. The maximum atomic E-state index is 8.62. The van der Waals surface area contributed by atoms with Gasteiger partial charge in [0.2, 0.25) is 5.69 Å². The molecule has 0 saturated heterocycles. The molecule has 0 atom stereocenters. The lowest BCUT2D eigenvalue weighted by atomic mass is 9.95. The minimum absolute atomic E-state index is 0.0609. The van der Waals surface area contributed by atoms with Crippen molar-refractivity contribution in [2.45, 2.75) is 33.6 Å². The minimum atomic E-state index is -0.817. The third-order valence-corrected chi connectivity index (χ3v) is 6.25. The molecule has 0 amide bonds. The van der Waals surface area contributed by atoms with Crippen LogP contribution < -0.4 is 4.57 Å². The van der Waals surface area contributed by atoms with Gasteiger partial charge < -0.3 is 4.42 Å². The van der Waals surface area contributed by atoms with Gasteiger partial charge >= 0.3 is 0 Å². The van der Waals surface area contributed by atoms with E-state index in [2.05, 4.69) is 4.85 Å². The molecule has 33 heavy (non-hydrogen) atoms. The standard InChI is InChI=1S/C30H27N2O/c1-18(2)22-16-20(4)32(6)26(17-22)27-19(3)12-13-23-24-14-15-25(31-5)28(30(24)33-29(23)27)21-10-8-7-9-11-21/h7-18H,1-4,6H3/q+1/i7D,8D,9D,10D,11D,18D. The lowest BCUT2D eigenvalue weighted by molar-refractivity contribution is -0.666. The largest absolute Gasteiger partial charge is 0.456 e. The number of fused-ring (bicyclic) bond motifs is 3. The predicted molar refractivity (Wildman–Crippen MR) is 136 cm³/mol. The van der Waals surface area contributed by atoms with Crippen LogP contribution in [0.4, 0.5) is 5.69 Å². The summed E-state index contributed by atoms with van der Waals surface area (Å²) < 4.78 is 58.7. The predicted octanol–water partition coefficient (Wildman–Crippen LogP) is 8.04. The van der Waals surface area contributed by atoms with Gasteiger partial charge in [0, 0.05) is 36.8 Å². The van der Waals surface area contributed by atoms with E-state index in [4.69, 9.17) is 19.2 Å². The highest BCUT2D eigenvalue weighted by atomic mass is 16.3. The molecule has 0 bridgehead atoms. The monoisotopic (exact) mass is 437 g/mol. The summed E-state index contributed by atoms with van der Waals surface area (Å²) in [4.78, 5) is 3.62. The molecule has 0 saturated carbocycles. The van der Waals surface area contributed by atoms with Gasteiger partial charge in [-0.3, -0.25) is 0 Å². The SMILES string of the molecule is [2H]c1c([2H])c([2H])c(-c2c([N+]#[C-])ccc3c2oc2c(-c4cc(C([2H])(C)C)cc(C)[n+]4C)c(C)ccc23)c([2H])c1[2H]. The Bertz CT molecular complexity index is 1860. The highest BCUT2D eigenvalue weighted by Gasteiger charge is 2.24. The molecule has 5 aromatic rings. The Balaban J connectivity index is 1.96. The average molecular weight is 438 g/mol. The number of pyridine rings is 1. The van der Waals surface area contributed by atoms with E-state index >= 15 is 0 Å². The lowest BCUT2D eigenvalue weighted by Gasteiger charge is -2.11. The number of hydrogen-bond donors (Lipinski definition) is 0. The van der Waals surface area contributed by atoms with Crippen LogP contribution in [0.15, 0.2) is 71.0 Å². The molecule has 5 rings (SSSR count). The molecule has 0 aliphatic heterocycles. The molecule has 0 aliphatic carbocycles. The van der Waals surface area contributed by atoms with Gasteiger partial charge in [-0.15, -0.1) is 0 Å². The fourth-order valence-electron chi connectivity index (χ4n) is 4.35. The summed E-state index contributed by atoms with van der Waals surface area (Å²) in [6.45, 7) is 15.5. The van der Waals surface area contributed by atoms with Crippen molar-refractivity contribution < 1.29 is 17.2 Å². The van der Waals surface area contributed by atoms with Crippen molar-refractivity contribution in [2.24, 2.45) is 7.05 Å². The molecule has 162 valence electrons. The van der Waals surface area contributed by atoms with Crippen LogP contribution in [-0.4, -0.2) is 0 Å². The van der Waals surface area contributed by atoms with E-state index in [0.717, 1.165) is 33.5 Å². The zero-order chi connectivity index (χ0) is 28.5. The Hall–Kier alpha value is -3.90. The second-order valence-corrected chi connectivity index (χ2v) is 8.51. The Morgan fingerprint density at radius 3 is 2.30 bits per heavy atom. The van der Waals surface area contributed by atoms with Crippen LogP contribution >= 0.6 is 0 Å². The molecular formula is C30H27N2O+. The van der Waals surface area contributed by atoms with Crippen LogP contribution in [0.2, 0.25) is 0 Å². The number of rotatable bonds is 3. The van der Waals surface area contributed by atoms with Crippen LogP contribution in [0.5, 0.6) is 0 Å². The minimum Gasteiger partial charge on any atom is -0.456 e. The molecule has 0 aliphatic rings. The van der Waals surface area contributed by atoms with Gasteiger partial charge in [0.1, 0.15) is 18.2 Å². The van der Waals surface area contributed by atoms with E-state index in [1.54, 1.807) is 12.1 Å². The normalized spacial score (nSPS) is 14.3. The number of nitrogens with zero attached hydrogens (tertiary/aromatic N) is 2. The van der Waals surface area contributed by atoms with Crippen molar-refractivity contribution in [1.82, 2.24) is 0 Å². The summed E-state index contributed by atoms with van der Waals surface area (Å²) in [7, 11) is 1.96. The summed E-state index contributed by atoms with van der Waals surface area (Å²) in [5.74, 6) is -0.817. The van der Waals surface area contributed by atoms with Gasteiger partial charge in [-0.25, -0.2) is 4.85 Å². The van der Waals surface area contributed by atoms with Gasteiger partial charge in [-0.05, 0) is 29.5 Å². The van der Waals surface area contributed by atoms with E-state index in [-0.39, 0.29) is 28.9 Å². The number of aryl methyl sites for hydroxylation is 2. The molecule has 3 heteroatoms. The summed E-state index contributed by atoms with van der Waals surface area (Å²) in [6.07, 6.45) is 0. The first-order valence-corrected chi connectivity index (χ1v) is 10.7. The van der Waals surface area contributed by atoms with E-state index in [0.29, 0.717) is 16.6 Å². The smallest absolute Gasteiger partial charge is 0.216 e. The lowest BCUT2D eigenvalue weighted by Crippen LogP contribution is -2.35. The fourth-order valence-corrected chi connectivity index (χ4v) is 4.35. The van der Waals surface area contributed by atoms with Crippen LogP contribution in [-0.2, 0) is 7.05 Å².